The lowest BCUT2D eigenvalue weighted by molar-refractivity contribution is 0.786. The van der Waals surface area contributed by atoms with Gasteiger partial charge in [-0.1, -0.05) is 12.1 Å². The van der Waals surface area contributed by atoms with Crippen LogP contribution in [0.15, 0.2) is 30.6 Å². The van der Waals surface area contributed by atoms with Gasteiger partial charge in [0.25, 0.3) is 0 Å². The second kappa shape index (κ2) is 3.18. The van der Waals surface area contributed by atoms with Crippen LogP contribution in [0.3, 0.4) is 0 Å². The van der Waals surface area contributed by atoms with Crippen molar-refractivity contribution in [3.8, 4) is 5.69 Å². The maximum absolute atomic E-state index is 3.80. The van der Waals surface area contributed by atoms with Crippen molar-refractivity contribution >= 4 is 22.6 Å². The highest BCUT2D eigenvalue weighted by atomic mass is 127. The summed E-state index contributed by atoms with van der Waals surface area (Å²) in [7, 11) is 0. The van der Waals surface area contributed by atoms with Crippen LogP contribution < -0.4 is 0 Å². The Bertz CT molecular complexity index is 371. The monoisotopic (exact) mass is 272 g/mol. The molecule has 0 atom stereocenters. The summed E-state index contributed by atoms with van der Waals surface area (Å²) in [5.41, 5.74) is 1.00. The van der Waals surface area contributed by atoms with Gasteiger partial charge in [0.05, 0.1) is 5.69 Å². The van der Waals surface area contributed by atoms with Crippen LogP contribution in [0.1, 0.15) is 0 Å². The SMILES string of the molecule is Ic1ccccc1-n1cnnn1. The van der Waals surface area contributed by atoms with Gasteiger partial charge >= 0.3 is 0 Å². The summed E-state index contributed by atoms with van der Waals surface area (Å²) in [6, 6.07) is 7.92. The molecule has 0 unspecified atom stereocenters. The van der Waals surface area contributed by atoms with Crippen LogP contribution in [0.25, 0.3) is 5.69 Å². The zero-order valence-electron chi connectivity index (χ0n) is 6.05. The molecule has 2 rings (SSSR count). The molecule has 0 aliphatic heterocycles. The van der Waals surface area contributed by atoms with Crippen molar-refractivity contribution < 1.29 is 0 Å². The van der Waals surface area contributed by atoms with E-state index in [0.717, 1.165) is 9.26 Å². The zero-order valence-corrected chi connectivity index (χ0v) is 8.21. The molecule has 0 radical (unpaired) electrons. The maximum Gasteiger partial charge on any atom is 0.143 e. The minimum atomic E-state index is 1.00. The van der Waals surface area contributed by atoms with Crippen LogP contribution in [0, 0.1) is 3.57 Å². The largest absolute Gasteiger partial charge is 0.199 e. The highest BCUT2D eigenvalue weighted by Crippen LogP contribution is 2.13. The molecule has 0 saturated carbocycles. The molecule has 60 valence electrons. The summed E-state index contributed by atoms with van der Waals surface area (Å²) in [5, 5.41) is 10.9. The molecule has 0 saturated heterocycles. The summed E-state index contributed by atoms with van der Waals surface area (Å²) in [4.78, 5) is 0. The molecule has 12 heavy (non-hydrogen) atoms. The molecule has 0 amide bonds. The molecule has 0 aliphatic rings. The van der Waals surface area contributed by atoms with Gasteiger partial charge in [-0.3, -0.25) is 0 Å². The minimum absolute atomic E-state index is 1.00. The van der Waals surface area contributed by atoms with E-state index in [0.29, 0.717) is 0 Å². The number of hydrogen-bond acceptors (Lipinski definition) is 3. The maximum atomic E-state index is 3.80. The van der Waals surface area contributed by atoms with E-state index in [-0.39, 0.29) is 0 Å². The standard InChI is InChI=1S/C7H5IN4/c8-6-3-1-2-4-7(6)12-5-9-10-11-12/h1-5H. The Balaban J connectivity index is 2.55. The van der Waals surface area contributed by atoms with Gasteiger partial charge in [-0.05, 0) is 45.2 Å². The predicted octanol–water partition coefficient (Wildman–Crippen LogP) is 1.27. The van der Waals surface area contributed by atoms with Crippen LogP contribution in [-0.2, 0) is 0 Å². The van der Waals surface area contributed by atoms with E-state index < -0.39 is 0 Å². The quantitative estimate of drug-likeness (QED) is 0.734. The number of tetrazole rings is 1. The molecule has 4 nitrogen and oxygen atoms in total. The first-order valence-corrected chi connectivity index (χ1v) is 4.44. The van der Waals surface area contributed by atoms with Crippen LogP contribution in [0.2, 0.25) is 0 Å². The molecule has 1 aromatic carbocycles. The van der Waals surface area contributed by atoms with Crippen LogP contribution in [0.4, 0.5) is 0 Å². The third-order valence-electron chi connectivity index (χ3n) is 1.45. The van der Waals surface area contributed by atoms with E-state index in [1.807, 2.05) is 24.3 Å². The first-order valence-electron chi connectivity index (χ1n) is 3.36. The molecule has 1 aromatic heterocycles. The Kier molecular flexibility index (Phi) is 2.03. The molecule has 0 fully saturated rings. The topological polar surface area (TPSA) is 43.6 Å². The number of nitrogens with zero attached hydrogens (tertiary/aromatic N) is 4. The van der Waals surface area contributed by atoms with Gasteiger partial charge in [-0.15, -0.1) is 5.10 Å². The van der Waals surface area contributed by atoms with Crippen LogP contribution in [0.5, 0.6) is 0 Å². The van der Waals surface area contributed by atoms with Gasteiger partial charge in [-0.2, -0.15) is 4.68 Å². The lowest BCUT2D eigenvalue weighted by Gasteiger charge is -2.00. The Morgan fingerprint density at radius 3 is 2.75 bits per heavy atom. The smallest absolute Gasteiger partial charge is 0.143 e. The number of halogens is 1. The van der Waals surface area contributed by atoms with E-state index >= 15 is 0 Å². The highest BCUT2D eigenvalue weighted by Gasteiger charge is 2.00. The van der Waals surface area contributed by atoms with Crippen molar-refractivity contribution in [2.45, 2.75) is 0 Å². The summed E-state index contributed by atoms with van der Waals surface area (Å²) >= 11 is 2.25. The van der Waals surface area contributed by atoms with Crippen molar-refractivity contribution in [3.05, 3.63) is 34.2 Å². The van der Waals surface area contributed by atoms with Crippen LogP contribution in [-0.4, -0.2) is 20.2 Å². The van der Waals surface area contributed by atoms with Crippen molar-refractivity contribution in [2.24, 2.45) is 0 Å². The zero-order chi connectivity index (χ0) is 8.39. The summed E-state index contributed by atoms with van der Waals surface area (Å²) in [5.74, 6) is 0. The number of para-hydroxylation sites is 1. The second-order valence-corrected chi connectivity index (χ2v) is 3.37. The Hall–Kier alpha value is -0.980. The normalized spacial score (nSPS) is 10.1. The first kappa shape index (κ1) is 7.66. The second-order valence-electron chi connectivity index (χ2n) is 2.21. The molecule has 0 spiro atoms. The Morgan fingerprint density at radius 1 is 1.25 bits per heavy atom. The summed E-state index contributed by atoms with van der Waals surface area (Å²) < 4.78 is 2.77. The van der Waals surface area contributed by atoms with E-state index in [4.69, 9.17) is 0 Å². The van der Waals surface area contributed by atoms with Gasteiger partial charge in [0, 0.05) is 3.57 Å². The molecule has 0 bridgehead atoms. The molecular formula is C7H5IN4. The van der Waals surface area contributed by atoms with Crippen molar-refractivity contribution in [3.63, 3.8) is 0 Å². The number of aromatic nitrogens is 4. The lowest BCUT2D eigenvalue weighted by Crippen LogP contribution is -1.96. The molecule has 2 aromatic rings. The molecule has 0 N–H and O–H groups in total. The first-order chi connectivity index (χ1) is 5.88. The van der Waals surface area contributed by atoms with Gasteiger partial charge in [0.15, 0.2) is 0 Å². The fraction of sp³-hybridized carbons (Fsp3) is 0. The Morgan fingerprint density at radius 2 is 2.08 bits per heavy atom. The van der Waals surface area contributed by atoms with E-state index in [2.05, 4.69) is 38.1 Å². The Labute approximate surface area is 82.7 Å². The summed E-state index contributed by atoms with van der Waals surface area (Å²) in [6.45, 7) is 0. The molecular weight excluding hydrogens is 267 g/mol. The van der Waals surface area contributed by atoms with Crippen molar-refractivity contribution in [1.29, 1.82) is 0 Å². The van der Waals surface area contributed by atoms with E-state index in [1.54, 1.807) is 11.0 Å². The fourth-order valence-corrected chi connectivity index (χ4v) is 1.54. The molecule has 0 aliphatic carbocycles. The van der Waals surface area contributed by atoms with Gasteiger partial charge in [-0.25, -0.2) is 0 Å². The lowest BCUT2D eigenvalue weighted by atomic mass is 10.3. The third-order valence-corrected chi connectivity index (χ3v) is 2.36. The predicted molar refractivity (Wildman–Crippen MR) is 51.9 cm³/mol. The number of benzene rings is 1. The number of rotatable bonds is 1. The fourth-order valence-electron chi connectivity index (χ4n) is 0.909. The van der Waals surface area contributed by atoms with Gasteiger partial charge in [0.2, 0.25) is 0 Å². The van der Waals surface area contributed by atoms with Crippen molar-refractivity contribution in [2.75, 3.05) is 0 Å². The minimum Gasteiger partial charge on any atom is -0.199 e. The highest BCUT2D eigenvalue weighted by molar-refractivity contribution is 14.1. The average molecular weight is 272 g/mol. The molecule has 1 heterocycles. The third kappa shape index (κ3) is 1.31. The van der Waals surface area contributed by atoms with E-state index in [1.165, 1.54) is 0 Å². The van der Waals surface area contributed by atoms with Gasteiger partial charge < -0.3 is 0 Å². The number of hydrogen-bond donors (Lipinski definition) is 0. The van der Waals surface area contributed by atoms with E-state index in [9.17, 15) is 0 Å². The van der Waals surface area contributed by atoms with Crippen molar-refractivity contribution in [1.82, 2.24) is 20.2 Å². The average Bonchev–Trinajstić information content (AvgIpc) is 2.57. The van der Waals surface area contributed by atoms with Gasteiger partial charge in [0.1, 0.15) is 6.33 Å². The summed E-state index contributed by atoms with van der Waals surface area (Å²) in [6.07, 6.45) is 1.58. The van der Waals surface area contributed by atoms with Crippen LogP contribution >= 0.6 is 22.6 Å². The molecule has 5 heteroatoms.